The van der Waals surface area contributed by atoms with Crippen LogP contribution in [0.2, 0.25) is 0 Å². The highest BCUT2D eigenvalue weighted by molar-refractivity contribution is 5.81. The lowest BCUT2D eigenvalue weighted by Crippen LogP contribution is -2.30. The summed E-state index contributed by atoms with van der Waals surface area (Å²) in [5, 5.41) is 0. The number of anilines is 1. The summed E-state index contributed by atoms with van der Waals surface area (Å²) in [7, 11) is 2.16. The molecule has 1 fully saturated rings. The second kappa shape index (κ2) is 8.12. The van der Waals surface area contributed by atoms with Gasteiger partial charge in [-0.3, -0.25) is 4.79 Å². The Bertz CT molecular complexity index is 733. The van der Waals surface area contributed by atoms with Crippen LogP contribution >= 0.6 is 0 Å². The first-order valence-corrected chi connectivity index (χ1v) is 8.74. The monoisotopic (exact) mass is 339 g/mol. The Morgan fingerprint density at radius 2 is 2.04 bits per heavy atom. The Kier molecular flexibility index (Phi) is 5.66. The molecule has 132 valence electrons. The Hall–Kier alpha value is -2.40. The van der Waals surface area contributed by atoms with Gasteiger partial charge in [0.2, 0.25) is 0 Å². The van der Waals surface area contributed by atoms with E-state index in [1.807, 2.05) is 43.5 Å². The lowest BCUT2D eigenvalue weighted by atomic mass is 10.1. The number of benzene rings is 1. The van der Waals surface area contributed by atoms with Gasteiger partial charge in [0.25, 0.3) is 0 Å². The standard InChI is InChI=1S/C20H25N3O2/c1-16-6-3-8-19(18(16)14-24)25-15-17-7-4-9-21-20(17)23-11-5-10-22(2)12-13-23/h3-4,6-9,14H,5,10-13,15H2,1-2H3. The fraction of sp³-hybridized carbons (Fsp3) is 0.400. The van der Waals surface area contributed by atoms with E-state index in [1.165, 1.54) is 0 Å². The number of ether oxygens (including phenoxy) is 1. The van der Waals surface area contributed by atoms with Crippen molar-refractivity contribution in [1.29, 1.82) is 0 Å². The van der Waals surface area contributed by atoms with Crippen LogP contribution in [0.1, 0.15) is 27.9 Å². The van der Waals surface area contributed by atoms with Gasteiger partial charge in [0.1, 0.15) is 18.2 Å². The van der Waals surface area contributed by atoms with Crippen molar-refractivity contribution in [2.75, 3.05) is 38.1 Å². The molecule has 1 saturated heterocycles. The molecular weight excluding hydrogens is 314 g/mol. The molecular formula is C20H25N3O2. The van der Waals surface area contributed by atoms with Gasteiger partial charge in [-0.1, -0.05) is 18.2 Å². The van der Waals surface area contributed by atoms with Crippen LogP contribution in [0.5, 0.6) is 5.75 Å². The third kappa shape index (κ3) is 4.17. The van der Waals surface area contributed by atoms with Gasteiger partial charge in [0.15, 0.2) is 6.29 Å². The van der Waals surface area contributed by atoms with Crippen molar-refractivity contribution in [2.45, 2.75) is 20.0 Å². The van der Waals surface area contributed by atoms with Crippen LogP contribution < -0.4 is 9.64 Å². The molecule has 0 aliphatic carbocycles. The molecule has 1 aromatic heterocycles. The van der Waals surface area contributed by atoms with Crippen molar-refractivity contribution < 1.29 is 9.53 Å². The zero-order valence-corrected chi connectivity index (χ0v) is 14.9. The summed E-state index contributed by atoms with van der Waals surface area (Å²) >= 11 is 0. The summed E-state index contributed by atoms with van der Waals surface area (Å²) in [6.07, 6.45) is 3.82. The summed E-state index contributed by atoms with van der Waals surface area (Å²) in [6.45, 7) is 6.42. The molecule has 0 radical (unpaired) electrons. The van der Waals surface area contributed by atoms with Crippen molar-refractivity contribution in [1.82, 2.24) is 9.88 Å². The Labute approximate surface area is 149 Å². The molecule has 0 spiro atoms. The first-order chi connectivity index (χ1) is 12.2. The van der Waals surface area contributed by atoms with Crippen molar-refractivity contribution in [3.63, 3.8) is 0 Å². The fourth-order valence-corrected chi connectivity index (χ4v) is 3.17. The topological polar surface area (TPSA) is 45.7 Å². The zero-order chi connectivity index (χ0) is 17.6. The molecule has 5 nitrogen and oxygen atoms in total. The highest BCUT2D eigenvalue weighted by Gasteiger charge is 2.17. The van der Waals surface area contributed by atoms with E-state index in [2.05, 4.69) is 21.8 Å². The number of carbonyl (C=O) groups is 1. The summed E-state index contributed by atoms with van der Waals surface area (Å²) < 4.78 is 5.97. The fourth-order valence-electron chi connectivity index (χ4n) is 3.17. The highest BCUT2D eigenvalue weighted by Crippen LogP contribution is 2.24. The largest absolute Gasteiger partial charge is 0.488 e. The minimum atomic E-state index is 0.403. The van der Waals surface area contributed by atoms with Crippen molar-refractivity contribution in [3.8, 4) is 5.75 Å². The Balaban J connectivity index is 1.78. The van der Waals surface area contributed by atoms with Gasteiger partial charge in [-0.2, -0.15) is 0 Å². The van der Waals surface area contributed by atoms with E-state index in [0.29, 0.717) is 17.9 Å². The van der Waals surface area contributed by atoms with Gasteiger partial charge in [0, 0.05) is 31.4 Å². The summed E-state index contributed by atoms with van der Waals surface area (Å²) in [6, 6.07) is 9.65. The molecule has 0 unspecified atom stereocenters. The van der Waals surface area contributed by atoms with Crippen molar-refractivity contribution in [3.05, 3.63) is 53.2 Å². The first kappa shape index (κ1) is 17.4. The van der Waals surface area contributed by atoms with Gasteiger partial charge < -0.3 is 14.5 Å². The summed E-state index contributed by atoms with van der Waals surface area (Å²) in [5.74, 6) is 1.61. The summed E-state index contributed by atoms with van der Waals surface area (Å²) in [4.78, 5) is 20.6. The number of carbonyl (C=O) groups excluding carboxylic acids is 1. The molecule has 1 aromatic carbocycles. The van der Waals surface area contributed by atoms with E-state index in [0.717, 1.165) is 55.8 Å². The van der Waals surface area contributed by atoms with E-state index in [1.54, 1.807) is 0 Å². The molecule has 25 heavy (non-hydrogen) atoms. The smallest absolute Gasteiger partial charge is 0.154 e. The van der Waals surface area contributed by atoms with Gasteiger partial charge >= 0.3 is 0 Å². The third-order valence-corrected chi connectivity index (χ3v) is 4.67. The zero-order valence-electron chi connectivity index (χ0n) is 14.9. The van der Waals surface area contributed by atoms with Crippen LogP contribution in [0.15, 0.2) is 36.5 Å². The van der Waals surface area contributed by atoms with Crippen LogP contribution in [-0.2, 0) is 6.61 Å². The normalized spacial score (nSPS) is 15.7. The van der Waals surface area contributed by atoms with E-state index in [-0.39, 0.29) is 0 Å². The minimum Gasteiger partial charge on any atom is -0.488 e. The van der Waals surface area contributed by atoms with Crippen LogP contribution in [0.3, 0.4) is 0 Å². The Morgan fingerprint density at radius 1 is 1.16 bits per heavy atom. The average molecular weight is 339 g/mol. The van der Waals surface area contributed by atoms with Crippen LogP contribution in [-0.4, -0.2) is 49.4 Å². The number of hydrogen-bond acceptors (Lipinski definition) is 5. The lowest BCUT2D eigenvalue weighted by Gasteiger charge is -2.24. The number of hydrogen-bond donors (Lipinski definition) is 0. The van der Waals surface area contributed by atoms with Crippen LogP contribution in [0, 0.1) is 6.92 Å². The van der Waals surface area contributed by atoms with Crippen molar-refractivity contribution >= 4 is 12.1 Å². The molecule has 2 heterocycles. The number of aldehydes is 1. The maximum absolute atomic E-state index is 11.3. The molecule has 2 aromatic rings. The maximum Gasteiger partial charge on any atom is 0.154 e. The van der Waals surface area contributed by atoms with Gasteiger partial charge in [-0.25, -0.2) is 4.98 Å². The van der Waals surface area contributed by atoms with Crippen LogP contribution in [0.4, 0.5) is 5.82 Å². The van der Waals surface area contributed by atoms with Crippen molar-refractivity contribution in [2.24, 2.45) is 0 Å². The molecule has 0 atom stereocenters. The maximum atomic E-state index is 11.3. The molecule has 3 rings (SSSR count). The van der Waals surface area contributed by atoms with Gasteiger partial charge in [-0.05, 0) is 44.6 Å². The summed E-state index contributed by atoms with van der Waals surface area (Å²) in [5.41, 5.74) is 2.59. The first-order valence-electron chi connectivity index (χ1n) is 8.74. The van der Waals surface area contributed by atoms with E-state index < -0.39 is 0 Å². The van der Waals surface area contributed by atoms with E-state index in [4.69, 9.17) is 4.74 Å². The third-order valence-electron chi connectivity index (χ3n) is 4.67. The predicted octanol–water partition coefficient (Wildman–Crippen LogP) is 2.92. The number of aromatic nitrogens is 1. The number of rotatable bonds is 5. The number of pyridine rings is 1. The highest BCUT2D eigenvalue weighted by atomic mass is 16.5. The van der Waals surface area contributed by atoms with E-state index in [9.17, 15) is 4.79 Å². The average Bonchev–Trinajstić information content (AvgIpc) is 2.85. The number of nitrogens with zero attached hydrogens (tertiary/aromatic N) is 3. The second-order valence-electron chi connectivity index (χ2n) is 6.52. The number of likely N-dealkylation sites (N-methyl/N-ethyl adjacent to an activating group) is 1. The SMILES string of the molecule is Cc1cccc(OCc2cccnc2N2CCCN(C)CC2)c1C=O. The molecule has 1 aliphatic rings. The minimum absolute atomic E-state index is 0.403. The quantitative estimate of drug-likeness (QED) is 0.784. The van der Waals surface area contributed by atoms with Gasteiger partial charge in [0.05, 0.1) is 5.56 Å². The Morgan fingerprint density at radius 3 is 2.88 bits per heavy atom. The van der Waals surface area contributed by atoms with Gasteiger partial charge in [-0.15, -0.1) is 0 Å². The molecule has 5 heteroatoms. The molecule has 0 amide bonds. The number of aryl methyl sites for hydroxylation is 1. The van der Waals surface area contributed by atoms with E-state index >= 15 is 0 Å². The predicted molar refractivity (Wildman–Crippen MR) is 99.5 cm³/mol. The molecule has 1 aliphatic heterocycles. The molecule has 0 N–H and O–H groups in total. The molecule has 0 saturated carbocycles. The lowest BCUT2D eigenvalue weighted by molar-refractivity contribution is 0.111. The second-order valence-corrected chi connectivity index (χ2v) is 6.52. The molecule has 0 bridgehead atoms. The van der Waals surface area contributed by atoms with Crippen LogP contribution in [0.25, 0.3) is 0 Å².